The van der Waals surface area contributed by atoms with Crippen molar-refractivity contribution in [1.29, 1.82) is 0 Å². The molecule has 0 saturated heterocycles. The molecule has 0 aromatic carbocycles. The topological polar surface area (TPSA) is 28.7 Å². The molecular formula is C15H24N2S. The predicted molar refractivity (Wildman–Crippen MR) is 80.3 cm³/mol. The van der Waals surface area contributed by atoms with Crippen molar-refractivity contribution in [1.82, 2.24) is 9.97 Å². The van der Waals surface area contributed by atoms with Crippen LogP contribution >= 0.6 is 11.3 Å². The van der Waals surface area contributed by atoms with Gasteiger partial charge in [-0.15, -0.1) is 11.3 Å². The molecule has 0 radical (unpaired) electrons. The average Bonchev–Trinajstić information content (AvgIpc) is 2.91. The van der Waals surface area contributed by atoms with Gasteiger partial charge in [0.15, 0.2) is 0 Å². The lowest BCUT2D eigenvalue weighted by atomic mass is 9.93. The Hall–Kier alpha value is -1.09. The third kappa shape index (κ3) is 4.65. The monoisotopic (exact) mass is 264 g/mol. The lowest BCUT2D eigenvalue weighted by Gasteiger charge is -2.15. The van der Waals surface area contributed by atoms with Gasteiger partial charge in [-0.3, -0.25) is 0 Å². The van der Waals surface area contributed by atoms with Gasteiger partial charge in [-0.05, 0) is 12.1 Å². The Bertz CT molecular complexity index is 384. The maximum Gasteiger partial charge on any atom is 0.0978 e. The minimum Gasteiger partial charge on any atom is -0.365 e. The maximum atomic E-state index is 4.21. The summed E-state index contributed by atoms with van der Waals surface area (Å²) >= 11 is 1.72. The Morgan fingerprint density at radius 3 is 1.94 bits per heavy atom. The van der Waals surface area contributed by atoms with E-state index in [9.17, 15) is 0 Å². The van der Waals surface area contributed by atoms with Crippen LogP contribution in [0.5, 0.6) is 0 Å². The van der Waals surface area contributed by atoms with Crippen molar-refractivity contribution in [3.8, 4) is 0 Å². The molecule has 100 valence electrons. The molecule has 0 unspecified atom stereocenters. The Morgan fingerprint density at radius 1 is 1.06 bits per heavy atom. The molecule has 2 aromatic heterocycles. The van der Waals surface area contributed by atoms with Crippen LogP contribution in [0.1, 0.15) is 52.2 Å². The van der Waals surface area contributed by atoms with E-state index in [0.717, 1.165) is 0 Å². The summed E-state index contributed by atoms with van der Waals surface area (Å²) in [5.74, 6) is 0. The lowest BCUT2D eigenvalue weighted by molar-refractivity contribution is 0.573. The fourth-order valence-electron chi connectivity index (χ4n) is 1.39. The summed E-state index contributed by atoms with van der Waals surface area (Å²) in [5, 5.41) is 3.23. The second-order valence-corrected chi connectivity index (χ2v) is 7.32. The summed E-state index contributed by atoms with van der Waals surface area (Å²) < 4.78 is 0. The molecule has 0 aliphatic rings. The highest BCUT2D eigenvalue weighted by molar-refractivity contribution is 7.09. The van der Waals surface area contributed by atoms with Crippen molar-refractivity contribution in [2.45, 2.75) is 52.4 Å². The summed E-state index contributed by atoms with van der Waals surface area (Å²) in [5.41, 5.74) is 1.79. The quantitative estimate of drug-likeness (QED) is 0.730. The second-order valence-electron chi connectivity index (χ2n) is 6.42. The van der Waals surface area contributed by atoms with Gasteiger partial charge in [0.2, 0.25) is 0 Å². The molecule has 0 atom stereocenters. The van der Waals surface area contributed by atoms with E-state index in [1.54, 1.807) is 11.3 Å². The average molecular weight is 264 g/mol. The Labute approximate surface area is 114 Å². The van der Waals surface area contributed by atoms with Crippen LogP contribution in [0.15, 0.2) is 29.9 Å². The molecule has 2 rings (SSSR count). The van der Waals surface area contributed by atoms with Gasteiger partial charge in [0.05, 0.1) is 5.01 Å². The van der Waals surface area contributed by atoms with E-state index in [0.29, 0.717) is 0 Å². The summed E-state index contributed by atoms with van der Waals surface area (Å²) in [4.78, 5) is 7.38. The molecule has 0 aliphatic heterocycles. The number of aromatic nitrogens is 2. The van der Waals surface area contributed by atoms with E-state index >= 15 is 0 Å². The molecule has 2 heterocycles. The van der Waals surface area contributed by atoms with Crippen LogP contribution < -0.4 is 0 Å². The van der Waals surface area contributed by atoms with E-state index in [2.05, 4.69) is 57.6 Å². The standard InChI is InChI=1S/C8H13N.C7H11NS/c1-8(2,3)7-5-4-6-9-7;1-7(2,3)6-8-4-5-9-6/h4-6,9H,1-3H3;4-5H,1-3H3. The van der Waals surface area contributed by atoms with Gasteiger partial charge in [-0.2, -0.15) is 0 Å². The van der Waals surface area contributed by atoms with Crippen molar-refractivity contribution in [2.24, 2.45) is 0 Å². The molecule has 0 amide bonds. The Balaban J connectivity index is 0.000000180. The molecule has 0 spiro atoms. The number of nitrogens with one attached hydrogen (secondary N) is 1. The first-order valence-electron chi connectivity index (χ1n) is 6.25. The van der Waals surface area contributed by atoms with E-state index in [1.165, 1.54) is 10.7 Å². The van der Waals surface area contributed by atoms with Gasteiger partial charge in [0, 0.05) is 34.3 Å². The van der Waals surface area contributed by atoms with Crippen LogP contribution in [-0.2, 0) is 10.8 Å². The third-order valence-electron chi connectivity index (χ3n) is 2.48. The second kappa shape index (κ2) is 5.70. The van der Waals surface area contributed by atoms with Crippen molar-refractivity contribution in [2.75, 3.05) is 0 Å². The van der Waals surface area contributed by atoms with Crippen molar-refractivity contribution >= 4 is 11.3 Å². The van der Waals surface area contributed by atoms with Crippen LogP contribution in [0.3, 0.4) is 0 Å². The van der Waals surface area contributed by atoms with Crippen molar-refractivity contribution in [3.63, 3.8) is 0 Å². The highest BCUT2D eigenvalue weighted by Crippen LogP contribution is 2.23. The number of aromatic amines is 1. The third-order valence-corrected chi connectivity index (χ3v) is 3.68. The molecule has 0 saturated carbocycles. The van der Waals surface area contributed by atoms with Gasteiger partial charge < -0.3 is 4.98 Å². The fourth-order valence-corrected chi connectivity index (χ4v) is 2.12. The number of hydrogen-bond acceptors (Lipinski definition) is 2. The molecule has 0 fully saturated rings. The number of nitrogens with zero attached hydrogens (tertiary/aromatic N) is 1. The maximum absolute atomic E-state index is 4.21. The SMILES string of the molecule is CC(C)(C)c1ccc[nH]1.CC(C)(C)c1nccs1. The van der Waals surface area contributed by atoms with Crippen molar-refractivity contribution in [3.05, 3.63) is 40.6 Å². The zero-order valence-electron chi connectivity index (χ0n) is 12.2. The smallest absolute Gasteiger partial charge is 0.0978 e. The molecular weight excluding hydrogens is 240 g/mol. The summed E-state index contributed by atoms with van der Waals surface area (Å²) in [6, 6.07) is 4.14. The Kier molecular flexibility index (Phi) is 4.74. The normalized spacial score (nSPS) is 11.9. The van der Waals surface area contributed by atoms with Crippen LogP contribution in [0, 0.1) is 0 Å². The number of thiazole rings is 1. The lowest BCUT2D eigenvalue weighted by Crippen LogP contribution is -2.10. The van der Waals surface area contributed by atoms with Crippen molar-refractivity contribution < 1.29 is 0 Å². The molecule has 1 N–H and O–H groups in total. The molecule has 2 aromatic rings. The minimum absolute atomic E-state index is 0.230. The van der Waals surface area contributed by atoms with E-state index in [-0.39, 0.29) is 10.8 Å². The largest absolute Gasteiger partial charge is 0.365 e. The highest BCUT2D eigenvalue weighted by atomic mass is 32.1. The first-order chi connectivity index (χ1) is 8.21. The Morgan fingerprint density at radius 2 is 1.72 bits per heavy atom. The first kappa shape index (κ1) is 15.0. The zero-order valence-corrected chi connectivity index (χ0v) is 13.1. The highest BCUT2D eigenvalue weighted by Gasteiger charge is 2.15. The number of H-pyrrole nitrogens is 1. The van der Waals surface area contributed by atoms with E-state index in [1.807, 2.05) is 23.8 Å². The first-order valence-corrected chi connectivity index (χ1v) is 7.13. The van der Waals surface area contributed by atoms with Gasteiger partial charge >= 0.3 is 0 Å². The molecule has 0 bridgehead atoms. The van der Waals surface area contributed by atoms with Gasteiger partial charge in [-0.25, -0.2) is 4.98 Å². The molecule has 3 heteroatoms. The summed E-state index contributed by atoms with van der Waals surface area (Å²) in [6.45, 7) is 13.1. The number of hydrogen-bond donors (Lipinski definition) is 1. The molecule has 0 aliphatic carbocycles. The predicted octanol–water partition coefficient (Wildman–Crippen LogP) is 4.75. The van der Waals surface area contributed by atoms with Gasteiger partial charge in [-0.1, -0.05) is 41.5 Å². The van der Waals surface area contributed by atoms with Crippen LogP contribution in [0.2, 0.25) is 0 Å². The molecule has 18 heavy (non-hydrogen) atoms. The fraction of sp³-hybridized carbons (Fsp3) is 0.533. The summed E-state index contributed by atoms with van der Waals surface area (Å²) in [6.07, 6.45) is 3.81. The summed E-state index contributed by atoms with van der Waals surface area (Å²) in [7, 11) is 0. The molecule has 2 nitrogen and oxygen atoms in total. The van der Waals surface area contributed by atoms with E-state index < -0.39 is 0 Å². The van der Waals surface area contributed by atoms with Gasteiger partial charge in [0.25, 0.3) is 0 Å². The van der Waals surface area contributed by atoms with Crippen LogP contribution in [-0.4, -0.2) is 9.97 Å². The minimum atomic E-state index is 0.230. The van der Waals surface area contributed by atoms with Crippen LogP contribution in [0.25, 0.3) is 0 Å². The zero-order chi connectivity index (χ0) is 13.8. The van der Waals surface area contributed by atoms with Gasteiger partial charge in [0.1, 0.15) is 0 Å². The van der Waals surface area contributed by atoms with E-state index in [4.69, 9.17) is 0 Å². The number of rotatable bonds is 0. The van der Waals surface area contributed by atoms with Crippen LogP contribution in [0.4, 0.5) is 0 Å².